The first-order valence-electron chi connectivity index (χ1n) is 9.52. The third-order valence-corrected chi connectivity index (χ3v) is 4.96. The number of hydrogen-bond donors (Lipinski definition) is 1. The Morgan fingerprint density at radius 1 is 1.32 bits per heavy atom. The molecule has 0 saturated carbocycles. The molecule has 12 heteroatoms. The van der Waals surface area contributed by atoms with Crippen molar-refractivity contribution in [1.29, 1.82) is 0 Å². The van der Waals surface area contributed by atoms with Crippen molar-refractivity contribution < 1.29 is 27.4 Å². The normalized spacial score (nSPS) is 20.5. The third kappa shape index (κ3) is 3.57. The predicted octanol–water partition coefficient (Wildman–Crippen LogP) is 1.81. The Hall–Kier alpha value is -3.57. The predicted molar refractivity (Wildman–Crippen MR) is 101 cm³/mol. The Bertz CT molecular complexity index is 1180. The van der Waals surface area contributed by atoms with E-state index in [1.54, 1.807) is 6.92 Å². The summed E-state index contributed by atoms with van der Waals surface area (Å²) in [5, 5.41) is 6.81. The zero-order chi connectivity index (χ0) is 21.8. The molecule has 162 valence electrons. The van der Waals surface area contributed by atoms with Gasteiger partial charge in [-0.15, -0.1) is 0 Å². The van der Waals surface area contributed by atoms with E-state index in [-0.39, 0.29) is 47.3 Å². The molecule has 1 atom stereocenters. The van der Waals surface area contributed by atoms with Gasteiger partial charge < -0.3 is 19.7 Å². The van der Waals surface area contributed by atoms with E-state index in [1.807, 2.05) is 0 Å². The number of anilines is 1. The quantitative estimate of drug-likeness (QED) is 0.577. The number of nitrogens with zero attached hydrogens (tertiary/aromatic N) is 5. The van der Waals surface area contributed by atoms with Gasteiger partial charge in [-0.1, -0.05) is 0 Å². The Balaban J connectivity index is 1.71. The first-order chi connectivity index (χ1) is 14.8. The Labute approximate surface area is 173 Å². The van der Waals surface area contributed by atoms with Crippen molar-refractivity contribution in [2.75, 3.05) is 24.6 Å². The van der Waals surface area contributed by atoms with Crippen molar-refractivity contribution >= 4 is 17.4 Å². The number of rotatable bonds is 0. The highest BCUT2D eigenvalue weighted by atomic mass is 19.3. The molecule has 1 amide bonds. The number of pyridine rings is 1. The maximum Gasteiger partial charge on any atom is 0.298 e. The van der Waals surface area contributed by atoms with Gasteiger partial charge in [-0.2, -0.15) is 5.10 Å². The van der Waals surface area contributed by atoms with Crippen LogP contribution in [0.2, 0.25) is 0 Å². The molecule has 3 aromatic heterocycles. The molecule has 2 aliphatic rings. The summed E-state index contributed by atoms with van der Waals surface area (Å²) < 4.78 is 55.3. The molecule has 3 aromatic rings. The van der Waals surface area contributed by atoms with Gasteiger partial charge in [0.05, 0.1) is 38.2 Å². The van der Waals surface area contributed by atoms with Crippen LogP contribution in [0.1, 0.15) is 22.8 Å². The fourth-order valence-corrected chi connectivity index (χ4v) is 3.55. The molecule has 2 aliphatic heterocycles. The average Bonchev–Trinajstić information content (AvgIpc) is 3.08. The van der Waals surface area contributed by atoms with Crippen LogP contribution >= 0.6 is 0 Å². The SMILES string of the molecule is C[C@H]1CNC(=O)c2cnn3cc4c(nc23)N(Cc2cc(F)cnc2O1)CC(F)(F)CO4. The minimum absolute atomic E-state index is 0.0646. The molecule has 9 nitrogen and oxygen atoms in total. The van der Waals surface area contributed by atoms with E-state index in [0.717, 1.165) is 6.20 Å². The summed E-state index contributed by atoms with van der Waals surface area (Å²) in [6, 6.07) is 1.18. The topological polar surface area (TPSA) is 93.9 Å². The van der Waals surface area contributed by atoms with Crippen LogP contribution in [0.25, 0.3) is 5.65 Å². The van der Waals surface area contributed by atoms with Crippen LogP contribution < -0.4 is 19.7 Å². The van der Waals surface area contributed by atoms with Crippen LogP contribution in [0, 0.1) is 5.82 Å². The highest BCUT2D eigenvalue weighted by Gasteiger charge is 2.39. The lowest BCUT2D eigenvalue weighted by molar-refractivity contribution is -0.0293. The lowest BCUT2D eigenvalue weighted by atomic mass is 10.2. The number of aromatic nitrogens is 4. The number of hydrogen-bond acceptors (Lipinski definition) is 7. The Morgan fingerprint density at radius 2 is 2.16 bits per heavy atom. The number of alkyl halides is 2. The second kappa shape index (κ2) is 7.00. The molecule has 0 radical (unpaired) electrons. The summed E-state index contributed by atoms with van der Waals surface area (Å²) in [6.07, 6.45) is 3.20. The lowest BCUT2D eigenvalue weighted by Crippen LogP contribution is -2.38. The lowest BCUT2D eigenvalue weighted by Gasteiger charge is -2.26. The first-order valence-corrected chi connectivity index (χ1v) is 9.52. The Kier molecular flexibility index (Phi) is 4.38. The highest BCUT2D eigenvalue weighted by molar-refractivity contribution is 5.99. The van der Waals surface area contributed by atoms with Gasteiger partial charge in [0.15, 0.2) is 23.8 Å². The van der Waals surface area contributed by atoms with Crippen molar-refractivity contribution in [3.8, 4) is 11.6 Å². The monoisotopic (exact) mass is 434 g/mol. The molecule has 0 aliphatic carbocycles. The minimum Gasteiger partial charge on any atom is -0.482 e. The summed E-state index contributed by atoms with van der Waals surface area (Å²) in [6.45, 7) is 0.0778. The maximum absolute atomic E-state index is 14.5. The standard InChI is InChI=1S/C19H17F3N6O3/c1-10-3-23-17(29)13-5-25-28-7-14-16(26-15(13)28)27(8-19(21,22)9-30-14)6-11-2-12(20)4-24-18(11)31-10/h2,4-5,7,10H,3,6,8-9H2,1H3,(H,23,29)/t10-/m0/s1. The molecule has 0 unspecified atom stereocenters. The summed E-state index contributed by atoms with van der Waals surface area (Å²) in [5.41, 5.74) is 0.615. The van der Waals surface area contributed by atoms with E-state index in [0.29, 0.717) is 0 Å². The van der Waals surface area contributed by atoms with Crippen molar-refractivity contribution in [2.24, 2.45) is 0 Å². The zero-order valence-electron chi connectivity index (χ0n) is 16.3. The minimum atomic E-state index is -3.20. The van der Waals surface area contributed by atoms with Crippen LogP contribution in [0.15, 0.2) is 24.7 Å². The van der Waals surface area contributed by atoms with Gasteiger partial charge in [-0.25, -0.2) is 27.7 Å². The Morgan fingerprint density at radius 3 is 3.00 bits per heavy atom. The van der Waals surface area contributed by atoms with Gasteiger partial charge in [0, 0.05) is 5.56 Å². The fraction of sp³-hybridized carbons (Fsp3) is 0.368. The molecule has 2 bridgehead atoms. The maximum atomic E-state index is 14.5. The van der Waals surface area contributed by atoms with Crippen LogP contribution in [0.4, 0.5) is 19.0 Å². The molecule has 0 saturated heterocycles. The van der Waals surface area contributed by atoms with Crippen LogP contribution in [0.3, 0.4) is 0 Å². The molecule has 5 heterocycles. The molecular formula is C19H17F3N6O3. The zero-order valence-corrected chi connectivity index (χ0v) is 16.3. The number of ether oxygens (including phenoxy) is 2. The molecule has 0 spiro atoms. The van der Waals surface area contributed by atoms with Gasteiger partial charge in [-0.05, 0) is 13.0 Å². The van der Waals surface area contributed by atoms with Crippen molar-refractivity contribution in [3.63, 3.8) is 0 Å². The van der Waals surface area contributed by atoms with E-state index >= 15 is 0 Å². The average molecular weight is 434 g/mol. The van der Waals surface area contributed by atoms with Gasteiger partial charge >= 0.3 is 0 Å². The molecular weight excluding hydrogens is 417 g/mol. The largest absolute Gasteiger partial charge is 0.482 e. The van der Waals surface area contributed by atoms with E-state index in [1.165, 1.54) is 27.9 Å². The van der Waals surface area contributed by atoms with Gasteiger partial charge in [-0.3, -0.25) is 4.79 Å². The number of carbonyl (C=O) groups excluding carboxylic acids is 1. The summed E-state index contributed by atoms with van der Waals surface area (Å²) in [5.74, 6) is -4.05. The molecule has 5 rings (SSSR count). The van der Waals surface area contributed by atoms with E-state index < -0.39 is 36.9 Å². The summed E-state index contributed by atoms with van der Waals surface area (Å²) >= 11 is 0. The number of carbonyl (C=O) groups is 1. The van der Waals surface area contributed by atoms with Gasteiger partial charge in [0.1, 0.15) is 17.5 Å². The summed E-state index contributed by atoms with van der Waals surface area (Å²) in [7, 11) is 0. The number of nitrogens with one attached hydrogen (secondary N) is 1. The fourth-order valence-electron chi connectivity index (χ4n) is 3.55. The van der Waals surface area contributed by atoms with Crippen LogP contribution in [-0.2, 0) is 6.54 Å². The third-order valence-electron chi connectivity index (χ3n) is 4.96. The van der Waals surface area contributed by atoms with Gasteiger partial charge in [0.2, 0.25) is 5.88 Å². The molecule has 0 aromatic carbocycles. The number of amides is 1. The van der Waals surface area contributed by atoms with Crippen molar-refractivity contribution in [1.82, 2.24) is 24.9 Å². The number of fused-ring (bicyclic) bond motifs is 1. The van der Waals surface area contributed by atoms with Crippen LogP contribution in [0.5, 0.6) is 11.6 Å². The summed E-state index contributed by atoms with van der Waals surface area (Å²) in [4.78, 5) is 22.3. The molecule has 31 heavy (non-hydrogen) atoms. The van der Waals surface area contributed by atoms with E-state index in [2.05, 4.69) is 20.4 Å². The number of halogens is 3. The molecule has 0 fully saturated rings. The van der Waals surface area contributed by atoms with E-state index in [4.69, 9.17) is 9.47 Å². The highest BCUT2D eigenvalue weighted by Crippen LogP contribution is 2.36. The van der Waals surface area contributed by atoms with Gasteiger partial charge in [0.25, 0.3) is 11.8 Å². The smallest absolute Gasteiger partial charge is 0.298 e. The van der Waals surface area contributed by atoms with Crippen LogP contribution in [-0.4, -0.2) is 57.2 Å². The second-order valence-corrected chi connectivity index (χ2v) is 7.51. The van der Waals surface area contributed by atoms with Crippen molar-refractivity contribution in [2.45, 2.75) is 25.5 Å². The van der Waals surface area contributed by atoms with Crippen molar-refractivity contribution in [3.05, 3.63) is 41.6 Å². The second-order valence-electron chi connectivity index (χ2n) is 7.51. The first kappa shape index (κ1) is 19.4. The van der Waals surface area contributed by atoms with E-state index in [9.17, 15) is 18.0 Å². The molecule has 1 N–H and O–H groups in total.